The number of rotatable bonds is 4. The Kier molecular flexibility index (Phi) is 4.09. The van der Waals surface area contributed by atoms with Crippen molar-refractivity contribution in [1.82, 2.24) is 9.78 Å². The summed E-state index contributed by atoms with van der Waals surface area (Å²) in [6.07, 6.45) is 0. The molecule has 0 spiro atoms. The molecule has 0 aliphatic heterocycles. The van der Waals surface area contributed by atoms with E-state index in [9.17, 15) is 4.79 Å². The van der Waals surface area contributed by atoms with Gasteiger partial charge in [0.15, 0.2) is 0 Å². The van der Waals surface area contributed by atoms with E-state index in [0.29, 0.717) is 34.3 Å². The smallest absolute Gasteiger partial charge is 0.254 e. The maximum Gasteiger partial charge on any atom is 0.254 e. The van der Waals surface area contributed by atoms with Gasteiger partial charge in [0.05, 0.1) is 5.69 Å². The van der Waals surface area contributed by atoms with Gasteiger partial charge in [-0.05, 0) is 30.7 Å². The van der Waals surface area contributed by atoms with Gasteiger partial charge < -0.3 is 16.4 Å². The molecule has 112 valence electrons. The quantitative estimate of drug-likeness (QED) is 0.841. The second kappa shape index (κ2) is 5.65. The summed E-state index contributed by atoms with van der Waals surface area (Å²) in [7, 11) is 3.62. The zero-order valence-corrected chi connectivity index (χ0v) is 13.0. The molecule has 7 heteroatoms. The van der Waals surface area contributed by atoms with E-state index in [0.717, 1.165) is 5.56 Å². The number of halogens is 1. The zero-order valence-electron chi connectivity index (χ0n) is 12.2. The van der Waals surface area contributed by atoms with Crippen LogP contribution < -0.4 is 16.4 Å². The van der Waals surface area contributed by atoms with Gasteiger partial charge in [-0.1, -0.05) is 11.6 Å². The second-order valence-corrected chi connectivity index (χ2v) is 5.39. The SMILES string of the molecule is Cc1nn(C)c(N(C)Cc2cc(N)ccc2Cl)c1C(N)=O. The molecule has 6 nitrogen and oxygen atoms in total. The minimum atomic E-state index is -0.499. The summed E-state index contributed by atoms with van der Waals surface area (Å²) in [6, 6.07) is 5.31. The molecule has 1 aromatic heterocycles. The highest BCUT2D eigenvalue weighted by atomic mass is 35.5. The molecule has 1 aromatic carbocycles. The van der Waals surface area contributed by atoms with Crippen molar-refractivity contribution < 1.29 is 4.79 Å². The standard InChI is InChI=1S/C14H18ClN5O/c1-8-12(13(17)21)14(20(3)18-8)19(2)7-9-6-10(16)4-5-11(9)15/h4-6H,7,16H2,1-3H3,(H2,17,21). The monoisotopic (exact) mass is 307 g/mol. The van der Waals surface area contributed by atoms with Crippen LogP contribution in [0.15, 0.2) is 18.2 Å². The van der Waals surface area contributed by atoms with Gasteiger partial charge in [-0.2, -0.15) is 5.10 Å². The first-order valence-electron chi connectivity index (χ1n) is 6.39. The summed E-state index contributed by atoms with van der Waals surface area (Å²) in [5.41, 5.74) is 13.8. The van der Waals surface area contributed by atoms with E-state index >= 15 is 0 Å². The molecule has 0 bridgehead atoms. The molecule has 0 fully saturated rings. The first-order valence-corrected chi connectivity index (χ1v) is 6.77. The predicted molar refractivity (Wildman–Crippen MR) is 84.4 cm³/mol. The number of nitrogens with two attached hydrogens (primary N) is 2. The third-order valence-electron chi connectivity index (χ3n) is 3.28. The van der Waals surface area contributed by atoms with Crippen LogP contribution in [0.3, 0.4) is 0 Å². The van der Waals surface area contributed by atoms with Gasteiger partial charge in [0.25, 0.3) is 5.91 Å². The molecule has 0 saturated heterocycles. The van der Waals surface area contributed by atoms with Crippen molar-refractivity contribution in [2.24, 2.45) is 12.8 Å². The Morgan fingerprint density at radius 2 is 2.14 bits per heavy atom. The van der Waals surface area contributed by atoms with Gasteiger partial charge in [0.2, 0.25) is 0 Å². The van der Waals surface area contributed by atoms with Gasteiger partial charge in [-0.3, -0.25) is 9.48 Å². The number of carbonyl (C=O) groups excluding carboxylic acids is 1. The van der Waals surface area contributed by atoms with Crippen molar-refractivity contribution in [1.29, 1.82) is 0 Å². The van der Waals surface area contributed by atoms with Crippen LogP contribution in [0.4, 0.5) is 11.5 Å². The average molecular weight is 308 g/mol. The minimum Gasteiger partial charge on any atom is -0.399 e. The molecular formula is C14H18ClN5O. The fraction of sp³-hybridized carbons (Fsp3) is 0.286. The summed E-state index contributed by atoms with van der Waals surface area (Å²) in [4.78, 5) is 13.5. The largest absolute Gasteiger partial charge is 0.399 e. The topological polar surface area (TPSA) is 90.2 Å². The van der Waals surface area contributed by atoms with Crippen molar-refractivity contribution >= 4 is 29.0 Å². The molecule has 0 unspecified atom stereocenters. The van der Waals surface area contributed by atoms with Gasteiger partial charge >= 0.3 is 0 Å². The third-order valence-corrected chi connectivity index (χ3v) is 3.65. The van der Waals surface area contributed by atoms with Crippen LogP contribution in [-0.2, 0) is 13.6 Å². The lowest BCUT2D eigenvalue weighted by molar-refractivity contribution is 0.1000. The molecule has 4 N–H and O–H groups in total. The zero-order chi connectivity index (χ0) is 15.7. The first-order chi connectivity index (χ1) is 9.81. The molecule has 2 aromatic rings. The molecule has 0 saturated carbocycles. The molecule has 0 atom stereocenters. The lowest BCUT2D eigenvalue weighted by Crippen LogP contribution is -2.24. The summed E-state index contributed by atoms with van der Waals surface area (Å²) in [5, 5.41) is 4.87. The van der Waals surface area contributed by atoms with Crippen molar-refractivity contribution in [3.8, 4) is 0 Å². The van der Waals surface area contributed by atoms with Crippen LogP contribution in [-0.4, -0.2) is 22.7 Å². The number of anilines is 2. The third kappa shape index (κ3) is 2.95. The Morgan fingerprint density at radius 1 is 1.48 bits per heavy atom. The van der Waals surface area contributed by atoms with Crippen LogP contribution in [0.25, 0.3) is 0 Å². The normalized spacial score (nSPS) is 10.7. The maximum atomic E-state index is 11.6. The fourth-order valence-corrected chi connectivity index (χ4v) is 2.60. The van der Waals surface area contributed by atoms with E-state index in [1.54, 1.807) is 30.8 Å². The number of benzene rings is 1. The van der Waals surface area contributed by atoms with Gasteiger partial charge in [-0.25, -0.2) is 0 Å². The summed E-state index contributed by atoms with van der Waals surface area (Å²) in [5.74, 6) is 0.152. The average Bonchev–Trinajstić information content (AvgIpc) is 2.68. The van der Waals surface area contributed by atoms with Gasteiger partial charge in [0, 0.05) is 31.4 Å². The number of hydrogen-bond donors (Lipinski definition) is 2. The van der Waals surface area contributed by atoms with Gasteiger partial charge in [0.1, 0.15) is 11.4 Å². The van der Waals surface area contributed by atoms with Gasteiger partial charge in [-0.15, -0.1) is 0 Å². The number of primary amides is 1. The minimum absolute atomic E-state index is 0.417. The van der Waals surface area contributed by atoms with E-state index in [4.69, 9.17) is 23.1 Å². The van der Waals surface area contributed by atoms with E-state index in [2.05, 4.69) is 5.10 Å². The Hall–Kier alpha value is -2.21. The van der Waals surface area contributed by atoms with Crippen LogP contribution >= 0.6 is 11.6 Å². The Labute approximate surface area is 128 Å². The highest BCUT2D eigenvalue weighted by Gasteiger charge is 2.21. The number of carbonyl (C=O) groups is 1. The number of aryl methyl sites for hydroxylation is 2. The van der Waals surface area contributed by atoms with Crippen LogP contribution in [0.2, 0.25) is 5.02 Å². The predicted octanol–water partition coefficient (Wildman–Crippen LogP) is 1.70. The van der Waals surface area contributed by atoms with E-state index in [1.165, 1.54) is 0 Å². The van der Waals surface area contributed by atoms with Crippen molar-refractivity contribution in [2.45, 2.75) is 13.5 Å². The number of amides is 1. The van der Waals surface area contributed by atoms with Crippen molar-refractivity contribution in [3.63, 3.8) is 0 Å². The molecule has 1 heterocycles. The molecule has 0 radical (unpaired) electrons. The summed E-state index contributed by atoms with van der Waals surface area (Å²) >= 11 is 6.18. The second-order valence-electron chi connectivity index (χ2n) is 4.98. The molecule has 1 amide bonds. The fourth-order valence-electron chi connectivity index (χ4n) is 2.42. The Balaban J connectivity index is 2.39. The van der Waals surface area contributed by atoms with Crippen LogP contribution in [0.1, 0.15) is 21.6 Å². The number of nitrogens with zero attached hydrogens (tertiary/aromatic N) is 3. The Morgan fingerprint density at radius 3 is 2.76 bits per heavy atom. The lowest BCUT2D eigenvalue weighted by atomic mass is 10.1. The lowest BCUT2D eigenvalue weighted by Gasteiger charge is -2.21. The number of nitrogen functional groups attached to an aromatic ring is 1. The van der Waals surface area contributed by atoms with E-state index in [-0.39, 0.29) is 0 Å². The molecule has 2 rings (SSSR count). The van der Waals surface area contributed by atoms with E-state index in [1.807, 2.05) is 18.0 Å². The summed E-state index contributed by atoms with van der Waals surface area (Å²) < 4.78 is 1.63. The summed E-state index contributed by atoms with van der Waals surface area (Å²) in [6.45, 7) is 2.24. The van der Waals surface area contributed by atoms with Crippen molar-refractivity contribution in [2.75, 3.05) is 17.7 Å². The first kappa shape index (κ1) is 15.2. The molecule has 0 aliphatic rings. The maximum absolute atomic E-state index is 11.6. The molecule has 0 aliphatic carbocycles. The van der Waals surface area contributed by atoms with E-state index < -0.39 is 5.91 Å². The molecular weight excluding hydrogens is 290 g/mol. The molecule has 21 heavy (non-hydrogen) atoms. The highest BCUT2D eigenvalue weighted by Crippen LogP contribution is 2.26. The van der Waals surface area contributed by atoms with Crippen LogP contribution in [0.5, 0.6) is 0 Å². The van der Waals surface area contributed by atoms with Crippen LogP contribution in [0, 0.1) is 6.92 Å². The number of aromatic nitrogens is 2. The number of hydrogen-bond acceptors (Lipinski definition) is 4. The highest BCUT2D eigenvalue weighted by molar-refractivity contribution is 6.31. The van der Waals surface area contributed by atoms with Crippen molar-refractivity contribution in [3.05, 3.63) is 40.0 Å². The Bertz CT molecular complexity index is 695.